The zero-order valence-electron chi connectivity index (χ0n) is 12.5. The Balaban J connectivity index is 2.79. The van der Waals surface area contributed by atoms with Crippen LogP contribution in [0, 0.1) is 0 Å². The molecule has 0 fully saturated rings. The normalized spacial score (nSPS) is 13.9. The van der Waals surface area contributed by atoms with Gasteiger partial charge in [0.25, 0.3) is 5.91 Å². The Morgan fingerprint density at radius 1 is 0.958 bits per heavy atom. The van der Waals surface area contributed by atoms with Gasteiger partial charge in [-0.3, -0.25) is 9.35 Å². The third-order valence-electron chi connectivity index (χ3n) is 2.99. The molecule has 0 spiro atoms. The van der Waals surface area contributed by atoms with Crippen molar-refractivity contribution in [3.63, 3.8) is 0 Å². The molecular weight excluding hydrogens is 354 g/mol. The zero-order valence-corrected chi connectivity index (χ0v) is 14.2. The molecule has 128 valence electrons. The van der Waals surface area contributed by atoms with E-state index < -0.39 is 35.5 Å². The minimum absolute atomic E-state index is 0.0572. The van der Waals surface area contributed by atoms with Crippen LogP contribution in [0.4, 0.5) is 11.4 Å². The predicted molar refractivity (Wildman–Crippen MR) is 89.3 cm³/mol. The maximum absolute atomic E-state index is 12.8. The summed E-state index contributed by atoms with van der Waals surface area (Å²) in [7, 11) is -8.41. The zero-order chi connectivity index (χ0) is 18.1. The summed E-state index contributed by atoms with van der Waals surface area (Å²) >= 11 is 0. The van der Waals surface area contributed by atoms with E-state index in [4.69, 9.17) is 11.5 Å². The monoisotopic (exact) mass is 369 g/mol. The highest BCUT2D eigenvalue weighted by Crippen LogP contribution is 2.30. The average Bonchev–Trinajstić information content (AvgIpc) is 2.46. The van der Waals surface area contributed by atoms with Crippen molar-refractivity contribution in [3.8, 4) is 0 Å². The summed E-state index contributed by atoms with van der Waals surface area (Å²) < 4.78 is 51.0. The van der Waals surface area contributed by atoms with Crippen molar-refractivity contribution in [2.24, 2.45) is 4.36 Å². The molecule has 0 saturated carbocycles. The van der Waals surface area contributed by atoms with Gasteiger partial charge in [-0.25, -0.2) is 12.6 Å². The molecule has 0 aliphatic rings. The molecule has 0 aromatic heterocycles. The number of carbonyl (C=O) groups is 1. The second kappa shape index (κ2) is 6.23. The Bertz CT molecular complexity index is 1020. The molecule has 8 nitrogen and oxygen atoms in total. The van der Waals surface area contributed by atoms with Crippen molar-refractivity contribution in [1.29, 1.82) is 0 Å². The van der Waals surface area contributed by atoms with Crippen molar-refractivity contribution < 1.29 is 22.0 Å². The van der Waals surface area contributed by atoms with Gasteiger partial charge in [0.15, 0.2) is 10.0 Å². The molecule has 1 unspecified atom stereocenters. The van der Waals surface area contributed by atoms with E-state index in [2.05, 4.69) is 4.36 Å². The molecule has 0 radical (unpaired) electrons. The van der Waals surface area contributed by atoms with Crippen LogP contribution in [0.3, 0.4) is 0 Å². The van der Waals surface area contributed by atoms with Crippen LogP contribution < -0.4 is 11.5 Å². The van der Waals surface area contributed by atoms with Gasteiger partial charge in [0.2, 0.25) is 9.84 Å². The van der Waals surface area contributed by atoms with Crippen molar-refractivity contribution in [1.82, 2.24) is 0 Å². The van der Waals surface area contributed by atoms with Crippen LogP contribution in [0.15, 0.2) is 61.5 Å². The molecule has 24 heavy (non-hydrogen) atoms. The van der Waals surface area contributed by atoms with E-state index in [1.165, 1.54) is 30.3 Å². The number of rotatable bonds is 3. The first kappa shape index (κ1) is 17.9. The molecule has 5 N–H and O–H groups in total. The highest BCUT2D eigenvalue weighted by atomic mass is 32.2. The summed E-state index contributed by atoms with van der Waals surface area (Å²) in [6.07, 6.45) is 0. The lowest BCUT2D eigenvalue weighted by Crippen LogP contribution is -2.11. The maximum atomic E-state index is 12.8. The number of nitrogen functional groups attached to an aromatic ring is 2. The van der Waals surface area contributed by atoms with Gasteiger partial charge in [-0.15, -0.1) is 4.36 Å². The molecule has 2 aromatic rings. The quantitative estimate of drug-likeness (QED) is 0.693. The Morgan fingerprint density at radius 3 is 2.04 bits per heavy atom. The van der Waals surface area contributed by atoms with E-state index in [0.717, 1.165) is 19.1 Å². The second-order valence-corrected chi connectivity index (χ2v) is 8.42. The van der Waals surface area contributed by atoms with Gasteiger partial charge in [-0.05, 0) is 42.5 Å². The fourth-order valence-electron chi connectivity index (χ4n) is 1.95. The van der Waals surface area contributed by atoms with Gasteiger partial charge in [-0.1, -0.05) is 0 Å². The number of hydrogen-bond acceptors (Lipinski definition) is 6. The highest BCUT2D eigenvalue weighted by Gasteiger charge is 2.26. The predicted octanol–water partition coefficient (Wildman–Crippen LogP) is 1.53. The number of nitrogens with two attached hydrogens (primary N) is 2. The number of hydrogen-bond donors (Lipinski definition) is 3. The molecule has 2 aromatic carbocycles. The topological polar surface area (TPSA) is 153 Å². The number of amides is 1. The first-order chi connectivity index (χ1) is 11.0. The molecular formula is C14H15N3O5S2. The van der Waals surface area contributed by atoms with E-state index in [1.807, 2.05) is 0 Å². The van der Waals surface area contributed by atoms with Crippen molar-refractivity contribution in [2.75, 3.05) is 11.5 Å². The van der Waals surface area contributed by atoms with Gasteiger partial charge < -0.3 is 11.5 Å². The lowest BCUT2D eigenvalue weighted by molar-refractivity contribution is -0.115. The highest BCUT2D eigenvalue weighted by molar-refractivity contribution is 7.93. The van der Waals surface area contributed by atoms with Gasteiger partial charge in [-0.2, -0.15) is 0 Å². The van der Waals surface area contributed by atoms with Crippen molar-refractivity contribution in [2.45, 2.75) is 21.6 Å². The van der Waals surface area contributed by atoms with Crippen molar-refractivity contribution in [3.05, 3.63) is 42.5 Å². The van der Waals surface area contributed by atoms with E-state index >= 15 is 0 Å². The third kappa shape index (κ3) is 3.55. The van der Waals surface area contributed by atoms with Gasteiger partial charge in [0.05, 0.1) is 14.7 Å². The van der Waals surface area contributed by atoms with E-state index in [-0.39, 0.29) is 10.6 Å². The molecule has 0 aliphatic carbocycles. The van der Waals surface area contributed by atoms with E-state index in [9.17, 15) is 22.0 Å². The molecule has 0 bridgehead atoms. The summed E-state index contributed by atoms with van der Waals surface area (Å²) in [6, 6.07) is 8.70. The molecule has 0 saturated heterocycles. The Hall–Kier alpha value is -2.43. The Labute approximate surface area is 139 Å². The summed E-state index contributed by atoms with van der Waals surface area (Å²) in [5, 5.41) is 0. The summed E-state index contributed by atoms with van der Waals surface area (Å²) in [4.78, 5) is 9.96. The number of sulfone groups is 1. The molecule has 1 amide bonds. The Morgan fingerprint density at radius 2 is 1.50 bits per heavy atom. The van der Waals surface area contributed by atoms with Gasteiger partial charge in [0, 0.05) is 18.3 Å². The number of benzene rings is 2. The van der Waals surface area contributed by atoms with Crippen LogP contribution in [0.1, 0.15) is 6.92 Å². The number of carbonyl (C=O) groups excluding carboxylic acids is 1. The molecule has 10 heteroatoms. The minimum Gasteiger partial charge on any atom is -0.399 e. The maximum Gasteiger partial charge on any atom is 0.252 e. The summed E-state index contributed by atoms with van der Waals surface area (Å²) in [5.41, 5.74) is 11.5. The molecule has 2 rings (SSSR count). The van der Waals surface area contributed by atoms with Crippen LogP contribution in [0.5, 0.6) is 0 Å². The van der Waals surface area contributed by atoms with E-state index in [1.54, 1.807) is 0 Å². The molecule has 1 atom stereocenters. The van der Waals surface area contributed by atoms with Gasteiger partial charge in [0.1, 0.15) is 0 Å². The largest absolute Gasteiger partial charge is 0.399 e. The van der Waals surface area contributed by atoms with E-state index in [0.29, 0.717) is 5.69 Å². The Kier molecular flexibility index (Phi) is 4.65. The summed E-state index contributed by atoms with van der Waals surface area (Å²) in [5.74, 6) is -0.916. The van der Waals surface area contributed by atoms with Crippen LogP contribution in [0.2, 0.25) is 0 Å². The molecule has 0 heterocycles. The number of nitrogens with zero attached hydrogens (tertiary/aromatic N) is 1. The van der Waals surface area contributed by atoms with Crippen LogP contribution in [-0.2, 0) is 24.6 Å². The fourth-order valence-corrected chi connectivity index (χ4v) is 4.99. The summed E-state index contributed by atoms with van der Waals surface area (Å²) in [6.45, 7) is 0.982. The lowest BCUT2D eigenvalue weighted by Gasteiger charge is -2.12. The van der Waals surface area contributed by atoms with Crippen LogP contribution in [-0.4, -0.2) is 23.1 Å². The number of anilines is 2. The average molecular weight is 369 g/mol. The van der Waals surface area contributed by atoms with Crippen LogP contribution >= 0.6 is 0 Å². The first-order valence-electron chi connectivity index (χ1n) is 6.54. The fraction of sp³-hybridized carbons (Fsp3) is 0.0714. The third-order valence-corrected chi connectivity index (χ3v) is 6.36. The first-order valence-corrected chi connectivity index (χ1v) is 9.50. The smallest absolute Gasteiger partial charge is 0.252 e. The lowest BCUT2D eigenvalue weighted by atomic mass is 10.3. The van der Waals surface area contributed by atoms with Crippen molar-refractivity contribution >= 4 is 37.1 Å². The standard InChI is InChI=1S/C14H15N3O5S2/c1-9(18)17-24(21,22)14-8-11(16)4-7-13(14)23(19,20)12-5-2-10(15)3-6-12/h2-8H,15-16H2,1H3,(H,17,18,21,22). The van der Waals surface area contributed by atoms with Gasteiger partial charge >= 0.3 is 0 Å². The van der Waals surface area contributed by atoms with Crippen LogP contribution in [0.25, 0.3) is 0 Å². The SMILES string of the molecule is CC(=O)N=S(=O)(O)c1cc(N)ccc1S(=O)(=O)c1ccc(N)cc1. The second-order valence-electron chi connectivity index (χ2n) is 4.89. The minimum atomic E-state index is -4.27. The molecule has 0 aliphatic heterocycles.